The average molecular weight is 497 g/mol. The van der Waals surface area contributed by atoms with E-state index < -0.39 is 0 Å². The lowest BCUT2D eigenvalue weighted by atomic mass is 9.89. The molecular weight excluding hydrogens is 460 g/mol. The van der Waals surface area contributed by atoms with Gasteiger partial charge >= 0.3 is 0 Å². The largest absolute Gasteiger partial charge is 0.497 e. The molecule has 0 radical (unpaired) electrons. The van der Waals surface area contributed by atoms with E-state index in [9.17, 15) is 4.79 Å². The molecule has 0 saturated carbocycles. The molecule has 6 nitrogen and oxygen atoms in total. The van der Waals surface area contributed by atoms with Crippen LogP contribution in [0.25, 0.3) is 11.0 Å². The topological polar surface area (TPSA) is 60.3 Å². The van der Waals surface area contributed by atoms with E-state index in [4.69, 9.17) is 4.74 Å². The molecule has 0 spiro atoms. The maximum absolute atomic E-state index is 12.7. The van der Waals surface area contributed by atoms with Gasteiger partial charge in [-0.25, -0.2) is 4.98 Å². The van der Waals surface area contributed by atoms with Gasteiger partial charge in [0.15, 0.2) is 0 Å². The number of methoxy groups -OCH3 is 1. The highest BCUT2D eigenvalue weighted by atomic mass is 16.5. The van der Waals surface area contributed by atoms with Crippen molar-refractivity contribution < 1.29 is 4.74 Å². The third kappa shape index (κ3) is 5.75. The van der Waals surface area contributed by atoms with E-state index in [0.717, 1.165) is 53.2 Å². The second-order valence-corrected chi connectivity index (χ2v) is 10.4. The third-order valence-electron chi connectivity index (χ3n) is 7.62. The number of pyridine rings is 1. The lowest BCUT2D eigenvalue weighted by Gasteiger charge is -2.37. The van der Waals surface area contributed by atoms with E-state index >= 15 is 0 Å². The van der Waals surface area contributed by atoms with E-state index in [1.165, 1.54) is 30.2 Å². The minimum absolute atomic E-state index is 0.0930. The molecule has 6 heteroatoms. The van der Waals surface area contributed by atoms with Gasteiger partial charge in [0.05, 0.1) is 30.9 Å². The second-order valence-electron chi connectivity index (χ2n) is 10.4. The molecule has 1 aliphatic rings. The smallest absolute Gasteiger partial charge is 0.269 e. The van der Waals surface area contributed by atoms with Crippen molar-refractivity contribution >= 4 is 11.0 Å². The summed E-state index contributed by atoms with van der Waals surface area (Å²) in [4.78, 5) is 24.4. The quantitative estimate of drug-likeness (QED) is 0.339. The maximum Gasteiger partial charge on any atom is 0.269 e. The number of piperidine rings is 1. The number of aryl methyl sites for hydroxylation is 2. The number of rotatable bonds is 7. The van der Waals surface area contributed by atoms with E-state index in [1.807, 2.05) is 24.3 Å². The van der Waals surface area contributed by atoms with E-state index in [0.29, 0.717) is 12.5 Å². The molecule has 37 heavy (non-hydrogen) atoms. The van der Waals surface area contributed by atoms with Crippen LogP contribution in [0.4, 0.5) is 0 Å². The molecule has 0 amide bonds. The van der Waals surface area contributed by atoms with Gasteiger partial charge in [0.2, 0.25) is 0 Å². The third-order valence-corrected chi connectivity index (χ3v) is 7.62. The summed E-state index contributed by atoms with van der Waals surface area (Å²) in [6, 6.07) is 19.0. The summed E-state index contributed by atoms with van der Waals surface area (Å²) in [7, 11) is 1.65. The highest BCUT2D eigenvalue weighted by Gasteiger charge is 2.25. The van der Waals surface area contributed by atoms with Gasteiger partial charge in [-0.15, -0.1) is 0 Å². The summed E-state index contributed by atoms with van der Waals surface area (Å²) in [5.74, 6) is 1.45. The Kier molecular flexibility index (Phi) is 7.38. The molecule has 2 unspecified atom stereocenters. The van der Waals surface area contributed by atoms with Crippen LogP contribution in [0.15, 0.2) is 65.6 Å². The van der Waals surface area contributed by atoms with Crippen LogP contribution in [-0.2, 0) is 13.0 Å². The molecule has 2 aromatic heterocycles. The van der Waals surface area contributed by atoms with Crippen LogP contribution >= 0.6 is 0 Å². The molecule has 2 aromatic carbocycles. The fourth-order valence-electron chi connectivity index (χ4n) is 5.72. The Labute approximate surface area is 219 Å². The summed E-state index contributed by atoms with van der Waals surface area (Å²) >= 11 is 0. The number of nitrogens with zero attached hydrogens (tertiary/aromatic N) is 4. The fourth-order valence-corrected chi connectivity index (χ4v) is 5.72. The highest BCUT2D eigenvalue weighted by Crippen LogP contribution is 2.30. The molecule has 0 bridgehead atoms. The standard InChI is InChI=1S/C31H36N4O2/c1-21-14-26(15-22(2)33-21)16-25-6-5-13-34(19-25)23(3)27-9-12-30-29(17-27)32-18-31(36)35(30)20-24-7-10-28(37-4)11-8-24/h7-12,14-15,17-18,23,25H,5-6,13,16,19-20H2,1-4H3. The Morgan fingerprint density at radius 1 is 1.03 bits per heavy atom. The molecule has 1 saturated heterocycles. The molecule has 2 atom stereocenters. The molecular formula is C31H36N4O2. The SMILES string of the molecule is COc1ccc(Cn2c(=O)cnc3cc(C(C)N4CCCC(Cc5cc(C)nc(C)c5)C4)ccc32)cc1. The van der Waals surface area contributed by atoms with E-state index in [-0.39, 0.29) is 11.6 Å². The Morgan fingerprint density at radius 2 is 1.78 bits per heavy atom. The summed E-state index contributed by atoms with van der Waals surface area (Å²) in [5, 5.41) is 0. The van der Waals surface area contributed by atoms with Crippen molar-refractivity contribution in [3.05, 3.63) is 99.2 Å². The molecule has 192 valence electrons. The van der Waals surface area contributed by atoms with Crippen molar-refractivity contribution in [3.63, 3.8) is 0 Å². The number of likely N-dealkylation sites (tertiary alicyclic amines) is 1. The second kappa shape index (κ2) is 10.9. The highest BCUT2D eigenvalue weighted by molar-refractivity contribution is 5.75. The van der Waals surface area contributed by atoms with Crippen LogP contribution < -0.4 is 10.3 Å². The van der Waals surface area contributed by atoms with Crippen molar-refractivity contribution in [1.29, 1.82) is 0 Å². The minimum atomic E-state index is -0.0930. The van der Waals surface area contributed by atoms with Crippen LogP contribution in [-0.4, -0.2) is 39.6 Å². The van der Waals surface area contributed by atoms with Crippen molar-refractivity contribution in [1.82, 2.24) is 19.4 Å². The summed E-state index contributed by atoms with van der Waals surface area (Å²) in [6.07, 6.45) is 5.02. The van der Waals surface area contributed by atoms with Crippen LogP contribution in [0, 0.1) is 19.8 Å². The van der Waals surface area contributed by atoms with Gasteiger partial charge in [0.25, 0.3) is 5.56 Å². The van der Waals surface area contributed by atoms with Gasteiger partial charge in [-0.05, 0) is 106 Å². The Balaban J connectivity index is 1.34. The maximum atomic E-state index is 12.7. The fraction of sp³-hybridized carbons (Fsp3) is 0.387. The van der Waals surface area contributed by atoms with Crippen LogP contribution in [0.5, 0.6) is 5.75 Å². The number of fused-ring (bicyclic) bond motifs is 1. The van der Waals surface area contributed by atoms with Crippen molar-refractivity contribution in [2.24, 2.45) is 5.92 Å². The zero-order valence-electron chi connectivity index (χ0n) is 22.3. The van der Waals surface area contributed by atoms with Crippen LogP contribution in [0.3, 0.4) is 0 Å². The zero-order chi connectivity index (χ0) is 25.9. The summed E-state index contributed by atoms with van der Waals surface area (Å²) in [5.41, 5.74) is 7.51. The van der Waals surface area contributed by atoms with Gasteiger partial charge in [-0.2, -0.15) is 0 Å². The Bertz CT molecular complexity index is 1420. The number of aromatic nitrogens is 3. The van der Waals surface area contributed by atoms with Crippen molar-refractivity contribution in [2.45, 2.75) is 52.6 Å². The van der Waals surface area contributed by atoms with Gasteiger partial charge in [-0.3, -0.25) is 14.7 Å². The van der Waals surface area contributed by atoms with Crippen molar-refractivity contribution in [2.75, 3.05) is 20.2 Å². The summed E-state index contributed by atoms with van der Waals surface area (Å²) < 4.78 is 7.06. The number of hydrogen-bond donors (Lipinski definition) is 0. The minimum Gasteiger partial charge on any atom is -0.497 e. The normalized spacial score (nSPS) is 17.1. The van der Waals surface area contributed by atoms with E-state index in [2.05, 4.69) is 66.0 Å². The predicted molar refractivity (Wildman–Crippen MR) is 148 cm³/mol. The van der Waals surface area contributed by atoms with Crippen molar-refractivity contribution in [3.8, 4) is 5.75 Å². The molecule has 1 aliphatic heterocycles. The van der Waals surface area contributed by atoms with E-state index in [1.54, 1.807) is 11.7 Å². The Morgan fingerprint density at radius 3 is 2.51 bits per heavy atom. The first-order valence-corrected chi connectivity index (χ1v) is 13.2. The van der Waals surface area contributed by atoms with Gasteiger partial charge in [0.1, 0.15) is 5.75 Å². The first-order valence-electron chi connectivity index (χ1n) is 13.2. The number of ether oxygens (including phenoxy) is 1. The predicted octanol–water partition coefficient (Wildman–Crippen LogP) is 5.48. The van der Waals surface area contributed by atoms with Crippen LogP contribution in [0.1, 0.15) is 53.9 Å². The lowest BCUT2D eigenvalue weighted by Crippen LogP contribution is -2.38. The number of hydrogen-bond acceptors (Lipinski definition) is 5. The Hall–Kier alpha value is -3.51. The molecule has 3 heterocycles. The van der Waals surface area contributed by atoms with Gasteiger partial charge < -0.3 is 9.30 Å². The first-order chi connectivity index (χ1) is 17.9. The van der Waals surface area contributed by atoms with Gasteiger partial charge in [-0.1, -0.05) is 18.2 Å². The lowest BCUT2D eigenvalue weighted by molar-refractivity contribution is 0.131. The first kappa shape index (κ1) is 25.2. The summed E-state index contributed by atoms with van der Waals surface area (Å²) in [6.45, 7) is 9.14. The molecule has 4 aromatic rings. The average Bonchev–Trinajstić information content (AvgIpc) is 2.89. The zero-order valence-corrected chi connectivity index (χ0v) is 22.3. The molecule has 0 aliphatic carbocycles. The number of benzene rings is 2. The van der Waals surface area contributed by atoms with Gasteiger partial charge in [0, 0.05) is 24.0 Å². The molecule has 1 fully saturated rings. The molecule has 5 rings (SSSR count). The van der Waals surface area contributed by atoms with Crippen LogP contribution in [0.2, 0.25) is 0 Å². The molecule has 0 N–H and O–H groups in total. The monoisotopic (exact) mass is 496 g/mol.